The number of hydrogen-bond acceptors (Lipinski definition) is 5. The summed E-state index contributed by atoms with van der Waals surface area (Å²) in [6.45, 7) is 0.344. The second kappa shape index (κ2) is 10.2. The molecule has 1 amide bonds. The number of carboxylic acids is 1. The SMILES string of the molecule is O=C(O)CCC(=O)c1ccc(C#CCNC(=O)OCC2c3ccccc3-c3ccccc32)s1. The minimum Gasteiger partial charge on any atom is -0.481 e. The summed E-state index contributed by atoms with van der Waals surface area (Å²) in [6, 6.07) is 19.6. The van der Waals surface area contributed by atoms with Crippen molar-refractivity contribution in [2.75, 3.05) is 13.2 Å². The monoisotopic (exact) mass is 459 g/mol. The van der Waals surface area contributed by atoms with Crippen LogP contribution >= 0.6 is 11.3 Å². The summed E-state index contributed by atoms with van der Waals surface area (Å²) in [5.74, 6) is 4.51. The van der Waals surface area contributed by atoms with Crippen LogP contribution in [0.5, 0.6) is 0 Å². The predicted octanol–water partition coefficient (Wildman–Crippen LogP) is 4.69. The van der Waals surface area contributed by atoms with Crippen LogP contribution in [0.4, 0.5) is 4.79 Å². The maximum absolute atomic E-state index is 12.2. The minimum absolute atomic E-state index is 0.00237. The van der Waals surface area contributed by atoms with E-state index in [-0.39, 0.29) is 37.7 Å². The molecule has 0 saturated carbocycles. The van der Waals surface area contributed by atoms with E-state index in [1.165, 1.54) is 22.5 Å². The number of Topliss-reactive ketones (excluding diaryl/α,β-unsaturated/α-hetero) is 1. The van der Waals surface area contributed by atoms with Crippen LogP contribution in [0.15, 0.2) is 60.7 Å². The van der Waals surface area contributed by atoms with Crippen molar-refractivity contribution in [2.24, 2.45) is 0 Å². The lowest BCUT2D eigenvalue weighted by molar-refractivity contribution is -0.136. The van der Waals surface area contributed by atoms with E-state index in [0.29, 0.717) is 9.75 Å². The molecular formula is C26H21NO5S. The van der Waals surface area contributed by atoms with E-state index in [2.05, 4.69) is 41.4 Å². The van der Waals surface area contributed by atoms with Crippen LogP contribution in [0.1, 0.15) is 44.4 Å². The number of ketones is 1. The molecule has 7 heteroatoms. The van der Waals surface area contributed by atoms with Crippen molar-refractivity contribution in [2.45, 2.75) is 18.8 Å². The van der Waals surface area contributed by atoms with E-state index < -0.39 is 12.1 Å². The number of hydrogen-bond donors (Lipinski definition) is 2. The molecule has 3 aromatic rings. The number of benzene rings is 2. The maximum Gasteiger partial charge on any atom is 0.407 e. The van der Waals surface area contributed by atoms with Gasteiger partial charge in [0.2, 0.25) is 0 Å². The molecule has 0 unspecified atom stereocenters. The Morgan fingerprint density at radius 2 is 1.61 bits per heavy atom. The molecule has 33 heavy (non-hydrogen) atoms. The Balaban J connectivity index is 1.28. The van der Waals surface area contributed by atoms with Crippen molar-refractivity contribution in [3.05, 3.63) is 81.5 Å². The molecule has 0 saturated heterocycles. The van der Waals surface area contributed by atoms with Gasteiger partial charge in [-0.2, -0.15) is 0 Å². The van der Waals surface area contributed by atoms with Gasteiger partial charge in [0.25, 0.3) is 0 Å². The Kier molecular flexibility index (Phi) is 6.86. The summed E-state index contributed by atoms with van der Waals surface area (Å²) in [4.78, 5) is 35.8. The zero-order valence-corrected chi connectivity index (χ0v) is 18.5. The summed E-state index contributed by atoms with van der Waals surface area (Å²) in [5.41, 5.74) is 4.64. The lowest BCUT2D eigenvalue weighted by Gasteiger charge is -2.14. The summed E-state index contributed by atoms with van der Waals surface area (Å²) in [5, 5.41) is 11.3. The first kappa shape index (κ1) is 22.3. The van der Waals surface area contributed by atoms with Crippen molar-refractivity contribution in [1.82, 2.24) is 5.32 Å². The first-order valence-electron chi connectivity index (χ1n) is 10.5. The standard InChI is InChI=1S/C26H21NO5S/c28-23(12-14-25(29)30)24-13-11-17(33-24)6-5-15-27-26(31)32-16-22-20-9-3-1-7-18(20)19-8-2-4-10-21(19)22/h1-4,7-11,13,22H,12,14-16H2,(H,27,31)(H,29,30). The zero-order valence-electron chi connectivity index (χ0n) is 17.7. The average Bonchev–Trinajstić information content (AvgIpc) is 3.42. The highest BCUT2D eigenvalue weighted by Crippen LogP contribution is 2.44. The molecule has 6 nitrogen and oxygen atoms in total. The first-order chi connectivity index (χ1) is 16.0. The average molecular weight is 460 g/mol. The number of nitrogens with one attached hydrogen (secondary N) is 1. The molecule has 2 aromatic carbocycles. The third-order valence-corrected chi connectivity index (χ3v) is 6.36. The summed E-state index contributed by atoms with van der Waals surface area (Å²) in [6.07, 6.45) is -0.768. The second-order valence-corrected chi connectivity index (χ2v) is 8.55. The Hall–Kier alpha value is -3.89. The van der Waals surface area contributed by atoms with Gasteiger partial charge in [-0.3, -0.25) is 9.59 Å². The Bertz CT molecular complexity index is 1220. The van der Waals surface area contributed by atoms with Gasteiger partial charge in [0.15, 0.2) is 5.78 Å². The molecule has 0 radical (unpaired) electrons. The number of aliphatic carboxylic acids is 1. The van der Waals surface area contributed by atoms with Crippen molar-refractivity contribution in [3.63, 3.8) is 0 Å². The normalized spacial score (nSPS) is 11.6. The number of thiophene rings is 1. The molecule has 0 aliphatic heterocycles. The lowest BCUT2D eigenvalue weighted by Crippen LogP contribution is -2.26. The third kappa shape index (κ3) is 5.30. The number of ether oxygens (including phenoxy) is 1. The number of carbonyl (C=O) groups excluding carboxylic acids is 2. The molecule has 1 heterocycles. The van der Waals surface area contributed by atoms with Crippen LogP contribution in [0.2, 0.25) is 0 Å². The molecule has 166 valence electrons. The maximum atomic E-state index is 12.2. The van der Waals surface area contributed by atoms with Gasteiger partial charge in [0, 0.05) is 12.3 Å². The highest BCUT2D eigenvalue weighted by Gasteiger charge is 2.28. The van der Waals surface area contributed by atoms with Gasteiger partial charge < -0.3 is 15.2 Å². The fraction of sp³-hybridized carbons (Fsp3) is 0.192. The van der Waals surface area contributed by atoms with Crippen molar-refractivity contribution in [3.8, 4) is 23.0 Å². The van der Waals surface area contributed by atoms with Gasteiger partial charge in [0.05, 0.1) is 22.7 Å². The van der Waals surface area contributed by atoms with Crippen molar-refractivity contribution >= 4 is 29.2 Å². The van der Waals surface area contributed by atoms with E-state index in [1.807, 2.05) is 24.3 Å². The molecule has 0 bridgehead atoms. The summed E-state index contributed by atoms with van der Waals surface area (Å²) >= 11 is 1.21. The number of amides is 1. The molecule has 0 atom stereocenters. The zero-order chi connectivity index (χ0) is 23.2. The minimum atomic E-state index is -1.00. The van der Waals surface area contributed by atoms with E-state index in [0.717, 1.165) is 11.1 Å². The van der Waals surface area contributed by atoms with Gasteiger partial charge in [-0.15, -0.1) is 11.3 Å². The Morgan fingerprint density at radius 3 is 2.27 bits per heavy atom. The number of carboxylic acid groups (broad SMARTS) is 1. The number of rotatable bonds is 7. The molecule has 1 aromatic heterocycles. The molecule has 0 spiro atoms. The molecule has 4 rings (SSSR count). The lowest BCUT2D eigenvalue weighted by atomic mass is 9.98. The van der Waals surface area contributed by atoms with Crippen LogP contribution in [0, 0.1) is 11.8 Å². The fourth-order valence-electron chi connectivity index (χ4n) is 3.80. The third-order valence-electron chi connectivity index (χ3n) is 5.32. The smallest absolute Gasteiger partial charge is 0.407 e. The highest BCUT2D eigenvalue weighted by molar-refractivity contribution is 7.14. The summed E-state index contributed by atoms with van der Waals surface area (Å²) in [7, 11) is 0. The number of fused-ring (bicyclic) bond motifs is 3. The predicted molar refractivity (Wildman–Crippen MR) is 125 cm³/mol. The summed E-state index contributed by atoms with van der Waals surface area (Å²) < 4.78 is 5.47. The fourth-order valence-corrected chi connectivity index (χ4v) is 4.64. The van der Waals surface area contributed by atoms with Gasteiger partial charge >= 0.3 is 12.1 Å². The number of carbonyl (C=O) groups is 3. The second-order valence-electron chi connectivity index (χ2n) is 7.46. The largest absolute Gasteiger partial charge is 0.481 e. The van der Waals surface area contributed by atoms with Gasteiger partial charge in [-0.05, 0) is 34.4 Å². The van der Waals surface area contributed by atoms with E-state index in [9.17, 15) is 14.4 Å². The Labute approximate surface area is 195 Å². The van der Waals surface area contributed by atoms with Crippen LogP contribution in [-0.2, 0) is 9.53 Å². The quantitative estimate of drug-likeness (QED) is 0.395. The van der Waals surface area contributed by atoms with Crippen LogP contribution < -0.4 is 5.32 Å². The molecule has 2 N–H and O–H groups in total. The van der Waals surface area contributed by atoms with Gasteiger partial charge in [-0.25, -0.2) is 4.79 Å². The van der Waals surface area contributed by atoms with Crippen LogP contribution in [-0.4, -0.2) is 36.1 Å². The highest BCUT2D eigenvalue weighted by atomic mass is 32.1. The Morgan fingerprint density at radius 1 is 0.939 bits per heavy atom. The van der Waals surface area contributed by atoms with Crippen molar-refractivity contribution < 1.29 is 24.2 Å². The molecule has 1 aliphatic rings. The molecular weight excluding hydrogens is 438 g/mol. The number of alkyl carbamates (subject to hydrolysis) is 1. The molecule has 0 fully saturated rings. The van der Waals surface area contributed by atoms with Crippen LogP contribution in [0.3, 0.4) is 0 Å². The van der Waals surface area contributed by atoms with Crippen molar-refractivity contribution in [1.29, 1.82) is 0 Å². The topological polar surface area (TPSA) is 92.7 Å². The van der Waals surface area contributed by atoms with Gasteiger partial charge in [0.1, 0.15) is 6.61 Å². The first-order valence-corrected chi connectivity index (χ1v) is 11.3. The van der Waals surface area contributed by atoms with Crippen LogP contribution in [0.25, 0.3) is 11.1 Å². The van der Waals surface area contributed by atoms with E-state index in [1.54, 1.807) is 12.1 Å². The van der Waals surface area contributed by atoms with E-state index >= 15 is 0 Å². The molecule has 1 aliphatic carbocycles. The van der Waals surface area contributed by atoms with Gasteiger partial charge in [-0.1, -0.05) is 60.4 Å². The van der Waals surface area contributed by atoms with E-state index in [4.69, 9.17) is 9.84 Å².